The molecule has 1 aromatic rings. The van der Waals surface area contributed by atoms with Crippen LogP contribution in [-0.2, 0) is 10.3 Å². The van der Waals surface area contributed by atoms with Gasteiger partial charge in [-0.25, -0.2) is 4.99 Å². The van der Waals surface area contributed by atoms with Crippen molar-refractivity contribution >= 4 is 11.7 Å². The van der Waals surface area contributed by atoms with Crippen molar-refractivity contribution in [3.63, 3.8) is 0 Å². The van der Waals surface area contributed by atoms with Gasteiger partial charge in [0.2, 0.25) is 5.91 Å². The minimum Gasteiger partial charge on any atom is -0.389 e. The third-order valence-corrected chi connectivity index (χ3v) is 9.07. The van der Waals surface area contributed by atoms with Crippen LogP contribution in [-0.4, -0.2) is 87.9 Å². The number of carbonyl (C=O) groups excluding carboxylic acids is 1. The van der Waals surface area contributed by atoms with E-state index in [4.69, 9.17) is 0 Å². The summed E-state index contributed by atoms with van der Waals surface area (Å²) in [4.78, 5) is 23.3. The SMILES string of the molecule is C=C/C=C\N=C(C)NC(=O)CCN1CC2(CCC(c3ccccc3)(N(C)C)CC2)N(CC2(O)CCC2)C1O. The summed E-state index contributed by atoms with van der Waals surface area (Å²) >= 11 is 0. The third-order valence-electron chi connectivity index (χ3n) is 9.07. The second-order valence-electron chi connectivity index (χ2n) is 11.6. The lowest BCUT2D eigenvalue weighted by molar-refractivity contribution is -0.144. The van der Waals surface area contributed by atoms with Crippen molar-refractivity contribution in [1.29, 1.82) is 0 Å². The van der Waals surface area contributed by atoms with E-state index in [0.29, 0.717) is 25.5 Å². The largest absolute Gasteiger partial charge is 0.389 e. The molecular weight excluding hydrogens is 478 g/mol. The first-order valence-corrected chi connectivity index (χ1v) is 13.9. The number of β-amino-alcohol motifs (C(OH)–C–C–N with tert-alkyl or cyclic N) is 1. The fourth-order valence-electron chi connectivity index (χ4n) is 6.57. The number of aliphatic imine (C=N–C) groups is 1. The summed E-state index contributed by atoms with van der Waals surface area (Å²) in [6, 6.07) is 10.7. The normalized spacial score (nSPS) is 30.2. The van der Waals surface area contributed by atoms with E-state index in [1.54, 1.807) is 25.3 Å². The van der Waals surface area contributed by atoms with E-state index < -0.39 is 12.0 Å². The summed E-state index contributed by atoms with van der Waals surface area (Å²) < 4.78 is 0. The van der Waals surface area contributed by atoms with Crippen LogP contribution in [0.4, 0.5) is 0 Å². The molecule has 208 valence electrons. The molecule has 0 bridgehead atoms. The molecule has 8 nitrogen and oxygen atoms in total. The zero-order chi connectivity index (χ0) is 27.4. The second-order valence-corrected chi connectivity index (χ2v) is 11.6. The summed E-state index contributed by atoms with van der Waals surface area (Å²) in [6.45, 7) is 6.96. The highest BCUT2D eigenvalue weighted by atomic mass is 16.3. The fraction of sp³-hybridized carbons (Fsp3) is 0.600. The van der Waals surface area contributed by atoms with Gasteiger partial charge in [0.15, 0.2) is 6.35 Å². The maximum Gasteiger partial charge on any atom is 0.226 e. The average Bonchev–Trinajstić information content (AvgIpc) is 3.13. The molecule has 3 N–H and O–H groups in total. The van der Waals surface area contributed by atoms with Gasteiger partial charge in [0, 0.05) is 43.3 Å². The summed E-state index contributed by atoms with van der Waals surface area (Å²) in [5, 5.41) is 25.4. The smallest absolute Gasteiger partial charge is 0.226 e. The first kappa shape index (κ1) is 28.6. The van der Waals surface area contributed by atoms with Gasteiger partial charge in [-0.3, -0.25) is 19.5 Å². The van der Waals surface area contributed by atoms with E-state index in [1.165, 1.54) is 5.56 Å². The van der Waals surface area contributed by atoms with Gasteiger partial charge in [-0.05, 0) is 77.6 Å². The molecule has 1 amide bonds. The van der Waals surface area contributed by atoms with Crippen molar-refractivity contribution in [1.82, 2.24) is 20.0 Å². The molecule has 2 aliphatic carbocycles. The Morgan fingerprint density at radius 2 is 1.87 bits per heavy atom. The zero-order valence-electron chi connectivity index (χ0n) is 23.3. The van der Waals surface area contributed by atoms with Crippen LogP contribution in [0.25, 0.3) is 0 Å². The number of amidine groups is 1. The molecule has 1 atom stereocenters. The second kappa shape index (κ2) is 11.8. The van der Waals surface area contributed by atoms with Crippen molar-refractivity contribution in [2.24, 2.45) is 4.99 Å². The Labute approximate surface area is 227 Å². The van der Waals surface area contributed by atoms with E-state index in [2.05, 4.69) is 71.1 Å². The molecule has 1 aliphatic heterocycles. The molecule has 0 aromatic heterocycles. The van der Waals surface area contributed by atoms with Crippen LogP contribution < -0.4 is 5.32 Å². The van der Waals surface area contributed by atoms with Crippen molar-refractivity contribution in [3.8, 4) is 0 Å². The Morgan fingerprint density at radius 3 is 2.45 bits per heavy atom. The van der Waals surface area contributed by atoms with Crippen LogP contribution >= 0.6 is 0 Å². The number of benzene rings is 1. The maximum atomic E-state index is 12.6. The van der Waals surface area contributed by atoms with Crippen molar-refractivity contribution in [3.05, 3.63) is 60.8 Å². The number of hydrogen-bond acceptors (Lipinski definition) is 7. The first-order chi connectivity index (χ1) is 18.1. The molecular formula is C30H45N5O3. The summed E-state index contributed by atoms with van der Waals surface area (Å²) in [7, 11) is 4.32. The Kier molecular flexibility index (Phi) is 8.89. The van der Waals surface area contributed by atoms with E-state index in [0.717, 1.165) is 44.9 Å². The van der Waals surface area contributed by atoms with Gasteiger partial charge in [-0.1, -0.05) is 43.0 Å². The van der Waals surface area contributed by atoms with Crippen molar-refractivity contribution in [2.45, 2.75) is 81.3 Å². The van der Waals surface area contributed by atoms with Crippen LogP contribution in [0, 0.1) is 0 Å². The van der Waals surface area contributed by atoms with E-state index >= 15 is 0 Å². The number of nitrogens with zero attached hydrogens (tertiary/aromatic N) is 4. The number of hydrogen-bond donors (Lipinski definition) is 3. The fourth-order valence-corrected chi connectivity index (χ4v) is 6.57. The Bertz CT molecular complexity index is 1030. The Morgan fingerprint density at radius 1 is 1.18 bits per heavy atom. The third kappa shape index (κ3) is 5.95. The van der Waals surface area contributed by atoms with Crippen molar-refractivity contribution in [2.75, 3.05) is 33.7 Å². The highest BCUT2D eigenvalue weighted by molar-refractivity contribution is 5.97. The minimum atomic E-state index is -0.818. The van der Waals surface area contributed by atoms with Gasteiger partial charge in [0.1, 0.15) is 5.84 Å². The number of nitrogens with one attached hydrogen (secondary N) is 1. The van der Waals surface area contributed by atoms with Crippen LogP contribution in [0.15, 0.2) is 60.3 Å². The van der Waals surface area contributed by atoms with Gasteiger partial charge in [-0.15, -0.1) is 0 Å². The van der Waals surface area contributed by atoms with Gasteiger partial charge in [0.25, 0.3) is 0 Å². The highest BCUT2D eigenvalue weighted by Crippen LogP contribution is 2.50. The number of aliphatic hydroxyl groups excluding tert-OH is 1. The van der Waals surface area contributed by atoms with Crippen LogP contribution in [0.5, 0.6) is 0 Å². The molecule has 1 heterocycles. The molecule has 1 unspecified atom stereocenters. The van der Waals surface area contributed by atoms with Crippen LogP contribution in [0.2, 0.25) is 0 Å². The van der Waals surface area contributed by atoms with Gasteiger partial charge >= 0.3 is 0 Å². The molecule has 2 saturated carbocycles. The lowest BCUT2D eigenvalue weighted by atomic mass is 9.67. The van der Waals surface area contributed by atoms with Gasteiger partial charge < -0.3 is 15.5 Å². The predicted molar refractivity (Wildman–Crippen MR) is 151 cm³/mol. The highest BCUT2D eigenvalue weighted by Gasteiger charge is 2.56. The molecule has 1 spiro atoms. The lowest BCUT2D eigenvalue weighted by Gasteiger charge is -2.53. The predicted octanol–water partition coefficient (Wildman–Crippen LogP) is 3.19. The summed E-state index contributed by atoms with van der Waals surface area (Å²) in [6.07, 6.45) is 10.7. The van der Waals surface area contributed by atoms with E-state index in [9.17, 15) is 15.0 Å². The Balaban J connectivity index is 1.48. The maximum absolute atomic E-state index is 12.6. The standard InChI is InChI=1S/C30H45N5O3/c1-5-6-20-31-24(2)32-26(36)13-21-34-22-28(35(27(34)37)23-29(38)14-10-15-29)16-18-30(19-17-28,33(3)4)25-11-8-7-9-12-25/h5-9,11-12,20,27,37-38H,1,10,13-19,21-23H2,2-4H3,(H,31,32,36)/b20-6-. The average molecular weight is 524 g/mol. The first-order valence-electron chi connectivity index (χ1n) is 13.9. The zero-order valence-corrected chi connectivity index (χ0v) is 23.3. The molecule has 1 aromatic carbocycles. The number of aliphatic hydroxyl groups is 2. The lowest BCUT2D eigenvalue weighted by Crippen LogP contribution is -2.60. The van der Waals surface area contributed by atoms with Gasteiger partial charge in [0.05, 0.1) is 5.60 Å². The van der Waals surface area contributed by atoms with Crippen LogP contribution in [0.3, 0.4) is 0 Å². The number of allylic oxidation sites excluding steroid dienone is 2. The van der Waals surface area contributed by atoms with Gasteiger partial charge in [-0.2, -0.15) is 0 Å². The number of amides is 1. The quantitative estimate of drug-likeness (QED) is 0.262. The molecule has 1 saturated heterocycles. The van der Waals surface area contributed by atoms with Crippen LogP contribution in [0.1, 0.15) is 63.9 Å². The molecule has 38 heavy (non-hydrogen) atoms. The summed E-state index contributed by atoms with van der Waals surface area (Å²) in [5.74, 6) is 0.392. The topological polar surface area (TPSA) is 91.6 Å². The Hall–Kier alpha value is -2.36. The van der Waals surface area contributed by atoms with Crippen molar-refractivity contribution < 1.29 is 15.0 Å². The molecule has 3 aliphatic rings. The monoisotopic (exact) mass is 523 g/mol. The summed E-state index contributed by atoms with van der Waals surface area (Å²) in [5.41, 5.74) is 0.308. The number of carbonyl (C=O) groups is 1. The van der Waals surface area contributed by atoms with E-state index in [1.807, 2.05) is 4.90 Å². The molecule has 4 rings (SSSR count). The number of rotatable bonds is 9. The minimum absolute atomic E-state index is 0.0548. The van der Waals surface area contributed by atoms with E-state index in [-0.39, 0.29) is 23.4 Å². The molecule has 8 heteroatoms. The molecule has 0 radical (unpaired) electrons. The molecule has 3 fully saturated rings.